The van der Waals surface area contributed by atoms with Gasteiger partial charge in [0.1, 0.15) is 10.6 Å². The topological polar surface area (TPSA) is 74.3 Å². The van der Waals surface area contributed by atoms with Crippen LogP contribution in [0.15, 0.2) is 58.9 Å². The van der Waals surface area contributed by atoms with E-state index in [4.69, 9.17) is 9.72 Å². The Labute approximate surface area is 204 Å². The van der Waals surface area contributed by atoms with Crippen LogP contribution in [0.25, 0.3) is 21.7 Å². The predicted molar refractivity (Wildman–Crippen MR) is 136 cm³/mol. The summed E-state index contributed by atoms with van der Waals surface area (Å²) in [6, 6.07) is 9.46. The number of thioether (sulfide) groups is 1. The Morgan fingerprint density at radius 1 is 1.12 bits per heavy atom. The fourth-order valence-corrected chi connectivity index (χ4v) is 6.71. The van der Waals surface area contributed by atoms with Crippen LogP contribution in [0.1, 0.15) is 35.4 Å². The molecule has 9 heteroatoms. The van der Waals surface area contributed by atoms with Crippen LogP contribution < -0.4 is 10.3 Å². The van der Waals surface area contributed by atoms with Crippen LogP contribution in [0.3, 0.4) is 0 Å². The van der Waals surface area contributed by atoms with Gasteiger partial charge in [-0.25, -0.2) is 15.0 Å². The summed E-state index contributed by atoms with van der Waals surface area (Å²) in [5.41, 5.74) is 2.89. The van der Waals surface area contributed by atoms with Crippen molar-refractivity contribution in [2.24, 2.45) is 0 Å². The van der Waals surface area contributed by atoms with E-state index in [1.165, 1.54) is 35.0 Å². The number of hydrogen-bond acceptors (Lipinski definition) is 7. The summed E-state index contributed by atoms with van der Waals surface area (Å²) in [5.74, 6) is 2.00. The van der Waals surface area contributed by atoms with Crippen molar-refractivity contribution in [2.45, 2.75) is 43.0 Å². The Kier molecular flexibility index (Phi) is 5.58. The van der Waals surface area contributed by atoms with E-state index in [0.29, 0.717) is 16.7 Å². The molecule has 0 amide bonds. The molecule has 1 aliphatic carbocycles. The summed E-state index contributed by atoms with van der Waals surface area (Å²) in [7, 11) is 1.64. The summed E-state index contributed by atoms with van der Waals surface area (Å²) < 4.78 is 8.97. The monoisotopic (exact) mass is 489 g/mol. The highest BCUT2D eigenvalue weighted by atomic mass is 32.2. The van der Waals surface area contributed by atoms with Crippen LogP contribution in [0, 0.1) is 0 Å². The van der Waals surface area contributed by atoms with Crippen molar-refractivity contribution >= 4 is 39.1 Å². The van der Waals surface area contributed by atoms with E-state index in [1.807, 2.05) is 47.1 Å². The second kappa shape index (κ2) is 8.88. The van der Waals surface area contributed by atoms with Crippen molar-refractivity contribution in [3.8, 4) is 11.4 Å². The molecule has 4 aromatic heterocycles. The molecule has 0 saturated heterocycles. The zero-order chi connectivity index (χ0) is 23.1. The maximum atomic E-state index is 14.0. The first-order chi connectivity index (χ1) is 16.7. The van der Waals surface area contributed by atoms with E-state index in [9.17, 15) is 4.79 Å². The van der Waals surface area contributed by atoms with Crippen LogP contribution in [-0.2, 0) is 18.6 Å². The Morgan fingerprint density at radius 3 is 2.79 bits per heavy atom. The molecule has 0 unspecified atom stereocenters. The molecule has 1 aromatic carbocycles. The lowest BCUT2D eigenvalue weighted by molar-refractivity contribution is 0.414. The Balaban J connectivity index is 1.47. The van der Waals surface area contributed by atoms with Gasteiger partial charge >= 0.3 is 0 Å². The van der Waals surface area contributed by atoms with E-state index >= 15 is 0 Å². The molecule has 5 aromatic rings. The molecule has 4 heterocycles. The second-order valence-corrected chi connectivity index (χ2v) is 10.4. The maximum absolute atomic E-state index is 14.0. The van der Waals surface area contributed by atoms with Crippen molar-refractivity contribution in [1.82, 2.24) is 23.9 Å². The third-order valence-corrected chi connectivity index (χ3v) is 8.33. The average Bonchev–Trinajstić information content (AvgIpc) is 3.36. The van der Waals surface area contributed by atoms with Gasteiger partial charge in [-0.3, -0.25) is 13.8 Å². The molecular formula is C25H23N5O2S2. The number of imidazole rings is 1. The average molecular weight is 490 g/mol. The van der Waals surface area contributed by atoms with Crippen molar-refractivity contribution in [2.75, 3.05) is 7.11 Å². The highest BCUT2D eigenvalue weighted by molar-refractivity contribution is 7.98. The van der Waals surface area contributed by atoms with Crippen LogP contribution in [0.4, 0.5) is 0 Å². The molecule has 0 N–H and O–H groups in total. The molecule has 7 nitrogen and oxygen atoms in total. The Hall–Kier alpha value is -3.17. The number of rotatable bonds is 5. The predicted octanol–water partition coefficient (Wildman–Crippen LogP) is 5.06. The van der Waals surface area contributed by atoms with Gasteiger partial charge in [0.05, 0.1) is 23.9 Å². The van der Waals surface area contributed by atoms with Crippen molar-refractivity contribution in [3.63, 3.8) is 0 Å². The molecule has 0 fully saturated rings. The Bertz CT molecular complexity index is 1520. The lowest BCUT2D eigenvalue weighted by Crippen LogP contribution is -2.22. The quantitative estimate of drug-likeness (QED) is 0.195. The van der Waals surface area contributed by atoms with Gasteiger partial charge in [-0.1, -0.05) is 18.2 Å². The number of hydrogen-bond donors (Lipinski definition) is 0. The molecule has 0 bridgehead atoms. The molecular weight excluding hydrogens is 466 g/mol. The highest BCUT2D eigenvalue weighted by Crippen LogP contribution is 2.35. The molecule has 0 aliphatic heterocycles. The smallest absolute Gasteiger partial charge is 0.267 e. The summed E-state index contributed by atoms with van der Waals surface area (Å²) in [5, 5.41) is 1.46. The number of methoxy groups -OCH3 is 1. The molecule has 172 valence electrons. The summed E-state index contributed by atoms with van der Waals surface area (Å²) in [6.45, 7) is 0. The van der Waals surface area contributed by atoms with Crippen LogP contribution in [0.5, 0.6) is 5.75 Å². The minimum atomic E-state index is 0.00809. The second-order valence-electron chi connectivity index (χ2n) is 8.33. The largest absolute Gasteiger partial charge is 0.497 e. The van der Waals surface area contributed by atoms with Gasteiger partial charge in [-0.2, -0.15) is 0 Å². The molecule has 0 radical (unpaired) electrons. The van der Waals surface area contributed by atoms with E-state index in [1.54, 1.807) is 29.2 Å². The fourth-order valence-electron chi connectivity index (χ4n) is 4.51. The number of aryl methyl sites for hydroxylation is 2. The van der Waals surface area contributed by atoms with E-state index in [2.05, 4.69) is 9.97 Å². The van der Waals surface area contributed by atoms with Gasteiger partial charge in [0, 0.05) is 29.2 Å². The van der Waals surface area contributed by atoms with Gasteiger partial charge in [-0.15, -0.1) is 11.3 Å². The number of ether oxygens (including phenoxy) is 1. The lowest BCUT2D eigenvalue weighted by atomic mass is 10.1. The van der Waals surface area contributed by atoms with Gasteiger partial charge < -0.3 is 4.74 Å². The van der Waals surface area contributed by atoms with E-state index in [0.717, 1.165) is 46.6 Å². The summed E-state index contributed by atoms with van der Waals surface area (Å²) in [4.78, 5) is 30.1. The fraction of sp³-hybridized carbons (Fsp3) is 0.280. The van der Waals surface area contributed by atoms with Crippen molar-refractivity contribution in [1.29, 1.82) is 0 Å². The molecule has 0 saturated carbocycles. The van der Waals surface area contributed by atoms with Gasteiger partial charge in [0.15, 0.2) is 5.16 Å². The number of nitrogens with zero attached hydrogens (tertiary/aromatic N) is 5. The number of benzene rings is 1. The summed E-state index contributed by atoms with van der Waals surface area (Å²) >= 11 is 3.21. The number of aromatic nitrogens is 5. The number of fused-ring (bicyclic) bond motifs is 4. The zero-order valence-electron chi connectivity index (χ0n) is 18.7. The third kappa shape index (κ3) is 3.78. The van der Waals surface area contributed by atoms with E-state index in [-0.39, 0.29) is 5.56 Å². The SMILES string of the molecule is COc1ccc(-n2c(SCc3cn4cccnc4n3)nc3sc4c(c3c2=O)CCCCC4)cc1. The van der Waals surface area contributed by atoms with Gasteiger partial charge in [-0.05, 0) is 61.6 Å². The Morgan fingerprint density at radius 2 is 1.97 bits per heavy atom. The highest BCUT2D eigenvalue weighted by Gasteiger charge is 2.22. The van der Waals surface area contributed by atoms with Gasteiger partial charge in [0.25, 0.3) is 5.56 Å². The molecule has 34 heavy (non-hydrogen) atoms. The minimum absolute atomic E-state index is 0.00809. The van der Waals surface area contributed by atoms with Crippen LogP contribution in [0.2, 0.25) is 0 Å². The lowest BCUT2D eigenvalue weighted by Gasteiger charge is -2.13. The summed E-state index contributed by atoms with van der Waals surface area (Å²) in [6.07, 6.45) is 11.1. The van der Waals surface area contributed by atoms with Gasteiger partial charge in [0.2, 0.25) is 5.78 Å². The third-order valence-electron chi connectivity index (χ3n) is 6.17. The molecule has 0 atom stereocenters. The standard InChI is InChI=1S/C25H23N5O2S2/c1-32-18-10-8-17(9-11-18)30-23(31)21-19-6-3-2-4-7-20(19)34-22(21)28-25(30)33-15-16-14-29-13-5-12-26-24(29)27-16/h5,8-14H,2-4,6-7,15H2,1H3. The van der Waals surface area contributed by atoms with Crippen LogP contribution in [-0.4, -0.2) is 31.0 Å². The first kappa shape index (κ1) is 21.4. The van der Waals surface area contributed by atoms with E-state index < -0.39 is 0 Å². The van der Waals surface area contributed by atoms with Crippen molar-refractivity contribution in [3.05, 3.63) is 75.4 Å². The zero-order valence-corrected chi connectivity index (χ0v) is 20.4. The molecule has 1 aliphatic rings. The number of thiophene rings is 1. The minimum Gasteiger partial charge on any atom is -0.497 e. The van der Waals surface area contributed by atoms with Crippen LogP contribution >= 0.6 is 23.1 Å². The maximum Gasteiger partial charge on any atom is 0.267 e. The molecule has 6 rings (SSSR count). The normalized spacial score (nSPS) is 13.8. The van der Waals surface area contributed by atoms with Crippen molar-refractivity contribution < 1.29 is 4.74 Å². The first-order valence-electron chi connectivity index (χ1n) is 11.3. The first-order valence-corrected chi connectivity index (χ1v) is 13.1. The molecule has 0 spiro atoms.